The van der Waals surface area contributed by atoms with Crippen molar-refractivity contribution < 1.29 is 13.6 Å². The molecular formula is C12H12N2O3. The summed E-state index contributed by atoms with van der Waals surface area (Å²) in [5.74, 6) is 0.861. The molecule has 0 unspecified atom stereocenters. The smallest absolute Gasteiger partial charge is 0.276 e. The summed E-state index contributed by atoms with van der Waals surface area (Å²) in [6.07, 6.45) is 4.93. The Kier molecular flexibility index (Phi) is 2.44. The van der Waals surface area contributed by atoms with E-state index in [4.69, 9.17) is 8.83 Å². The summed E-state index contributed by atoms with van der Waals surface area (Å²) in [5, 5.41) is 0. The summed E-state index contributed by atoms with van der Waals surface area (Å²) in [5.41, 5.74) is 0.335. The number of aromatic nitrogens is 1. The Labute approximate surface area is 98.0 Å². The van der Waals surface area contributed by atoms with Crippen LogP contribution in [0.25, 0.3) is 11.5 Å². The van der Waals surface area contributed by atoms with E-state index in [0.29, 0.717) is 17.2 Å². The van der Waals surface area contributed by atoms with Crippen LogP contribution in [0.5, 0.6) is 0 Å². The molecule has 2 aromatic rings. The van der Waals surface area contributed by atoms with E-state index in [1.165, 1.54) is 6.39 Å². The van der Waals surface area contributed by atoms with Gasteiger partial charge in [0, 0.05) is 13.1 Å². The molecule has 0 atom stereocenters. The quantitative estimate of drug-likeness (QED) is 0.796. The third-order valence-electron chi connectivity index (χ3n) is 2.91. The van der Waals surface area contributed by atoms with Gasteiger partial charge in [0.1, 0.15) is 0 Å². The number of hydrogen-bond acceptors (Lipinski definition) is 4. The number of carbonyl (C=O) groups is 1. The molecule has 17 heavy (non-hydrogen) atoms. The molecule has 5 nitrogen and oxygen atoms in total. The molecule has 0 aromatic carbocycles. The van der Waals surface area contributed by atoms with Crippen LogP contribution in [-0.2, 0) is 0 Å². The Hall–Kier alpha value is -2.04. The van der Waals surface area contributed by atoms with E-state index < -0.39 is 0 Å². The predicted octanol–water partition coefficient (Wildman–Crippen LogP) is 2.17. The minimum absolute atomic E-state index is 0.0809. The second kappa shape index (κ2) is 4.08. The number of rotatable bonds is 2. The summed E-state index contributed by atoms with van der Waals surface area (Å²) in [4.78, 5) is 18.0. The number of oxazole rings is 1. The monoisotopic (exact) mass is 232 g/mol. The molecule has 0 bridgehead atoms. The molecule has 1 amide bonds. The Bertz CT molecular complexity index is 510. The number of furan rings is 1. The van der Waals surface area contributed by atoms with Crippen molar-refractivity contribution in [3.63, 3.8) is 0 Å². The number of carbonyl (C=O) groups excluding carboxylic acids is 1. The van der Waals surface area contributed by atoms with Crippen LogP contribution in [-0.4, -0.2) is 28.9 Å². The highest BCUT2D eigenvalue weighted by atomic mass is 16.4. The lowest BCUT2D eigenvalue weighted by Gasteiger charge is -2.13. The zero-order chi connectivity index (χ0) is 11.7. The third-order valence-corrected chi connectivity index (χ3v) is 2.91. The van der Waals surface area contributed by atoms with E-state index in [2.05, 4.69) is 4.98 Å². The highest BCUT2D eigenvalue weighted by Gasteiger charge is 2.26. The fourth-order valence-corrected chi connectivity index (χ4v) is 2.05. The average Bonchev–Trinajstić information content (AvgIpc) is 3.09. The van der Waals surface area contributed by atoms with Crippen molar-refractivity contribution in [3.05, 3.63) is 30.5 Å². The summed E-state index contributed by atoms with van der Waals surface area (Å²) < 4.78 is 10.5. The van der Waals surface area contributed by atoms with Gasteiger partial charge in [0.15, 0.2) is 17.8 Å². The molecule has 3 rings (SSSR count). The molecule has 0 radical (unpaired) electrons. The zero-order valence-corrected chi connectivity index (χ0v) is 9.26. The van der Waals surface area contributed by atoms with Gasteiger partial charge in [-0.3, -0.25) is 4.79 Å². The van der Waals surface area contributed by atoms with Crippen molar-refractivity contribution in [2.24, 2.45) is 0 Å². The largest absolute Gasteiger partial charge is 0.461 e. The van der Waals surface area contributed by atoms with E-state index in [1.807, 2.05) is 0 Å². The first kappa shape index (κ1) is 10.1. The summed E-state index contributed by atoms with van der Waals surface area (Å²) in [7, 11) is 0. The number of hydrogen-bond donors (Lipinski definition) is 0. The van der Waals surface area contributed by atoms with E-state index >= 15 is 0 Å². The van der Waals surface area contributed by atoms with Gasteiger partial charge in [-0.15, -0.1) is 0 Å². The Morgan fingerprint density at radius 2 is 2.12 bits per heavy atom. The normalized spacial score (nSPS) is 15.4. The van der Waals surface area contributed by atoms with Crippen molar-refractivity contribution in [2.45, 2.75) is 12.8 Å². The summed E-state index contributed by atoms with van der Waals surface area (Å²) in [6.45, 7) is 1.59. The first-order valence-electron chi connectivity index (χ1n) is 5.63. The molecule has 1 fully saturated rings. The SMILES string of the molecule is O=C(c1ncoc1-c1ccco1)N1CCCC1. The van der Waals surface area contributed by atoms with Crippen molar-refractivity contribution in [3.8, 4) is 11.5 Å². The molecule has 88 valence electrons. The van der Waals surface area contributed by atoms with Gasteiger partial charge in [-0.2, -0.15) is 0 Å². The van der Waals surface area contributed by atoms with Gasteiger partial charge >= 0.3 is 0 Å². The summed E-state index contributed by atoms with van der Waals surface area (Å²) in [6, 6.07) is 3.50. The fraction of sp³-hybridized carbons (Fsp3) is 0.333. The van der Waals surface area contributed by atoms with E-state index in [-0.39, 0.29) is 5.91 Å². The maximum absolute atomic E-state index is 12.2. The van der Waals surface area contributed by atoms with Crippen LogP contribution >= 0.6 is 0 Å². The van der Waals surface area contributed by atoms with Gasteiger partial charge in [-0.1, -0.05) is 0 Å². The Morgan fingerprint density at radius 3 is 2.82 bits per heavy atom. The molecule has 1 saturated heterocycles. The van der Waals surface area contributed by atoms with Crippen LogP contribution < -0.4 is 0 Å². The molecule has 0 aliphatic carbocycles. The van der Waals surface area contributed by atoms with Crippen molar-refractivity contribution in [1.82, 2.24) is 9.88 Å². The van der Waals surface area contributed by atoms with Gasteiger partial charge < -0.3 is 13.7 Å². The van der Waals surface area contributed by atoms with Crippen LogP contribution in [0.4, 0.5) is 0 Å². The van der Waals surface area contributed by atoms with Gasteiger partial charge in [0.05, 0.1) is 6.26 Å². The van der Waals surface area contributed by atoms with Crippen LogP contribution in [0.15, 0.2) is 33.6 Å². The fourth-order valence-electron chi connectivity index (χ4n) is 2.05. The van der Waals surface area contributed by atoms with Gasteiger partial charge in [0.2, 0.25) is 5.76 Å². The van der Waals surface area contributed by atoms with Crippen molar-refractivity contribution in [2.75, 3.05) is 13.1 Å². The zero-order valence-electron chi connectivity index (χ0n) is 9.26. The molecule has 5 heteroatoms. The van der Waals surface area contributed by atoms with Crippen LogP contribution in [0.2, 0.25) is 0 Å². The van der Waals surface area contributed by atoms with Crippen molar-refractivity contribution in [1.29, 1.82) is 0 Å². The third kappa shape index (κ3) is 1.73. The molecule has 0 spiro atoms. The minimum atomic E-state index is -0.0809. The number of amides is 1. The maximum atomic E-state index is 12.2. The van der Waals surface area contributed by atoms with E-state index in [9.17, 15) is 4.79 Å². The second-order valence-electron chi connectivity index (χ2n) is 4.01. The average molecular weight is 232 g/mol. The first-order chi connectivity index (χ1) is 8.36. The van der Waals surface area contributed by atoms with Gasteiger partial charge in [-0.25, -0.2) is 4.98 Å². The van der Waals surface area contributed by atoms with Crippen LogP contribution in [0, 0.1) is 0 Å². The van der Waals surface area contributed by atoms with E-state index in [1.54, 1.807) is 23.3 Å². The molecule has 1 aliphatic heterocycles. The molecule has 2 aromatic heterocycles. The molecule has 0 N–H and O–H groups in total. The maximum Gasteiger partial charge on any atom is 0.276 e. The molecule has 0 saturated carbocycles. The summed E-state index contributed by atoms with van der Waals surface area (Å²) >= 11 is 0. The molecule has 1 aliphatic rings. The lowest BCUT2D eigenvalue weighted by molar-refractivity contribution is 0.0787. The van der Waals surface area contributed by atoms with Crippen LogP contribution in [0.1, 0.15) is 23.3 Å². The molecular weight excluding hydrogens is 220 g/mol. The van der Waals surface area contributed by atoms with Crippen LogP contribution in [0.3, 0.4) is 0 Å². The van der Waals surface area contributed by atoms with Gasteiger partial charge in [-0.05, 0) is 25.0 Å². The highest BCUT2D eigenvalue weighted by Crippen LogP contribution is 2.25. The Balaban J connectivity index is 1.93. The lowest BCUT2D eigenvalue weighted by atomic mass is 10.2. The number of likely N-dealkylation sites (tertiary alicyclic amines) is 1. The van der Waals surface area contributed by atoms with Gasteiger partial charge in [0.25, 0.3) is 5.91 Å². The Morgan fingerprint density at radius 1 is 1.29 bits per heavy atom. The van der Waals surface area contributed by atoms with Crippen molar-refractivity contribution >= 4 is 5.91 Å². The molecule has 3 heterocycles. The predicted molar refractivity (Wildman–Crippen MR) is 59.3 cm³/mol. The topological polar surface area (TPSA) is 59.5 Å². The minimum Gasteiger partial charge on any atom is -0.461 e. The standard InChI is InChI=1S/C12H12N2O3/c15-12(14-5-1-2-6-14)10-11(17-8-13-10)9-4-3-7-16-9/h3-4,7-8H,1-2,5-6H2. The number of nitrogens with zero attached hydrogens (tertiary/aromatic N) is 2. The first-order valence-corrected chi connectivity index (χ1v) is 5.63. The second-order valence-corrected chi connectivity index (χ2v) is 4.01. The highest BCUT2D eigenvalue weighted by molar-refractivity contribution is 5.97. The lowest BCUT2D eigenvalue weighted by Crippen LogP contribution is -2.28. The van der Waals surface area contributed by atoms with E-state index in [0.717, 1.165) is 25.9 Å².